The molecule has 102 valence electrons. The number of halogens is 2. The van der Waals surface area contributed by atoms with Gasteiger partial charge in [-0.05, 0) is 19.1 Å². The number of rotatable bonds is 5. The molecule has 2 rings (SSSR count). The Morgan fingerprint density at radius 1 is 1.37 bits per heavy atom. The topological polar surface area (TPSA) is 34.1 Å². The number of ether oxygens (including phenoxy) is 1. The van der Waals surface area contributed by atoms with E-state index in [-0.39, 0.29) is 6.10 Å². The fourth-order valence-corrected chi connectivity index (χ4v) is 2.34. The molecular formula is C13H14F2N2OS. The molecular weight excluding hydrogens is 270 g/mol. The van der Waals surface area contributed by atoms with Crippen molar-refractivity contribution in [1.82, 2.24) is 4.98 Å². The van der Waals surface area contributed by atoms with Crippen LogP contribution in [0.5, 0.6) is 0 Å². The zero-order valence-corrected chi connectivity index (χ0v) is 11.4. The Bertz CT molecular complexity index is 559. The first kappa shape index (κ1) is 13.9. The molecule has 0 bridgehead atoms. The first-order valence-corrected chi connectivity index (χ1v) is 6.64. The number of thiazole rings is 1. The Hall–Kier alpha value is -1.53. The van der Waals surface area contributed by atoms with Crippen LogP contribution in [-0.2, 0) is 11.3 Å². The Labute approximate surface area is 114 Å². The van der Waals surface area contributed by atoms with Crippen molar-refractivity contribution >= 4 is 17.0 Å². The minimum absolute atomic E-state index is 0.0398. The lowest BCUT2D eigenvalue weighted by Crippen LogP contribution is -2.02. The van der Waals surface area contributed by atoms with Crippen LogP contribution >= 0.6 is 11.3 Å². The third kappa shape index (κ3) is 3.48. The van der Waals surface area contributed by atoms with Crippen LogP contribution in [0.1, 0.15) is 23.7 Å². The standard InChI is InChI=1S/C13H14F2N2OS/c1-8(18-2)13-17-10(7-19-13)6-16-9-3-4-11(14)12(15)5-9/h3-5,7-8,16H,6H2,1-2H3/t8-/m1/s1. The summed E-state index contributed by atoms with van der Waals surface area (Å²) >= 11 is 1.51. The molecule has 3 nitrogen and oxygen atoms in total. The van der Waals surface area contributed by atoms with Crippen molar-refractivity contribution in [3.8, 4) is 0 Å². The number of aromatic nitrogens is 1. The van der Waals surface area contributed by atoms with Gasteiger partial charge in [0, 0.05) is 24.2 Å². The summed E-state index contributed by atoms with van der Waals surface area (Å²) in [5, 5.41) is 5.80. The molecule has 0 aliphatic carbocycles. The molecule has 0 saturated heterocycles. The van der Waals surface area contributed by atoms with Crippen LogP contribution in [0.15, 0.2) is 23.6 Å². The first-order valence-electron chi connectivity index (χ1n) is 5.76. The minimum atomic E-state index is -0.864. The number of methoxy groups -OCH3 is 1. The van der Waals surface area contributed by atoms with E-state index < -0.39 is 11.6 Å². The molecule has 2 aromatic rings. The number of benzene rings is 1. The molecule has 1 heterocycles. The molecule has 0 amide bonds. The number of nitrogens with zero attached hydrogens (tertiary/aromatic N) is 1. The van der Waals surface area contributed by atoms with Crippen LogP contribution in [0.4, 0.5) is 14.5 Å². The lowest BCUT2D eigenvalue weighted by molar-refractivity contribution is 0.119. The van der Waals surface area contributed by atoms with Crippen LogP contribution in [0.2, 0.25) is 0 Å². The number of hydrogen-bond donors (Lipinski definition) is 1. The summed E-state index contributed by atoms with van der Waals surface area (Å²) in [6.45, 7) is 2.38. The normalized spacial score (nSPS) is 12.4. The zero-order chi connectivity index (χ0) is 13.8. The number of hydrogen-bond acceptors (Lipinski definition) is 4. The van der Waals surface area contributed by atoms with Gasteiger partial charge in [-0.2, -0.15) is 0 Å². The third-order valence-corrected chi connectivity index (χ3v) is 3.72. The van der Waals surface area contributed by atoms with Gasteiger partial charge in [-0.3, -0.25) is 0 Å². The first-order chi connectivity index (χ1) is 9.10. The van der Waals surface area contributed by atoms with Crippen molar-refractivity contribution in [2.45, 2.75) is 19.6 Å². The molecule has 0 radical (unpaired) electrons. The monoisotopic (exact) mass is 284 g/mol. The highest BCUT2D eigenvalue weighted by atomic mass is 32.1. The number of nitrogens with one attached hydrogen (secondary N) is 1. The van der Waals surface area contributed by atoms with Crippen LogP contribution in [0.3, 0.4) is 0 Å². The van der Waals surface area contributed by atoms with Gasteiger partial charge in [-0.25, -0.2) is 13.8 Å². The van der Waals surface area contributed by atoms with Crippen molar-refractivity contribution in [2.75, 3.05) is 12.4 Å². The van der Waals surface area contributed by atoms with Crippen molar-refractivity contribution in [3.05, 3.63) is 45.9 Å². The van der Waals surface area contributed by atoms with E-state index in [1.54, 1.807) is 7.11 Å². The second-order valence-corrected chi connectivity index (χ2v) is 4.93. The molecule has 6 heteroatoms. The van der Waals surface area contributed by atoms with Gasteiger partial charge in [-0.1, -0.05) is 0 Å². The highest BCUT2D eigenvalue weighted by Gasteiger charge is 2.09. The van der Waals surface area contributed by atoms with Gasteiger partial charge < -0.3 is 10.1 Å². The second kappa shape index (κ2) is 6.08. The van der Waals surface area contributed by atoms with Crippen molar-refractivity contribution in [1.29, 1.82) is 0 Å². The lowest BCUT2D eigenvalue weighted by atomic mass is 10.3. The Morgan fingerprint density at radius 2 is 2.16 bits per heavy atom. The lowest BCUT2D eigenvalue weighted by Gasteiger charge is -2.05. The van der Waals surface area contributed by atoms with E-state index in [0.29, 0.717) is 12.2 Å². The molecule has 1 N–H and O–H groups in total. The van der Waals surface area contributed by atoms with Gasteiger partial charge >= 0.3 is 0 Å². The van der Waals surface area contributed by atoms with E-state index >= 15 is 0 Å². The van der Waals surface area contributed by atoms with Crippen molar-refractivity contribution < 1.29 is 13.5 Å². The third-order valence-electron chi connectivity index (χ3n) is 2.66. The summed E-state index contributed by atoms with van der Waals surface area (Å²) < 4.78 is 31.0. The van der Waals surface area contributed by atoms with Crippen LogP contribution in [0, 0.1) is 11.6 Å². The summed E-state index contributed by atoms with van der Waals surface area (Å²) in [6, 6.07) is 3.71. The Balaban J connectivity index is 1.98. The maximum atomic E-state index is 13.0. The molecule has 1 aromatic carbocycles. The van der Waals surface area contributed by atoms with E-state index in [1.807, 2.05) is 12.3 Å². The smallest absolute Gasteiger partial charge is 0.160 e. The van der Waals surface area contributed by atoms with Crippen LogP contribution in [-0.4, -0.2) is 12.1 Å². The predicted molar refractivity (Wildman–Crippen MR) is 71.2 cm³/mol. The molecule has 0 aliphatic rings. The van der Waals surface area contributed by atoms with Gasteiger partial charge in [0.05, 0.1) is 12.2 Å². The van der Waals surface area contributed by atoms with Crippen molar-refractivity contribution in [2.24, 2.45) is 0 Å². The minimum Gasteiger partial charge on any atom is -0.379 e. The van der Waals surface area contributed by atoms with Crippen LogP contribution in [0.25, 0.3) is 0 Å². The van der Waals surface area contributed by atoms with Gasteiger partial charge in [0.15, 0.2) is 11.6 Å². The van der Waals surface area contributed by atoms with E-state index in [9.17, 15) is 8.78 Å². The summed E-state index contributed by atoms with van der Waals surface area (Å²) in [5.41, 5.74) is 1.36. The highest BCUT2D eigenvalue weighted by Crippen LogP contribution is 2.21. The summed E-state index contributed by atoms with van der Waals surface area (Å²) in [6.07, 6.45) is -0.0398. The summed E-state index contributed by atoms with van der Waals surface area (Å²) in [5.74, 6) is -1.72. The Kier molecular flexibility index (Phi) is 4.44. The van der Waals surface area contributed by atoms with E-state index in [4.69, 9.17) is 4.74 Å². The molecule has 0 spiro atoms. The molecule has 0 saturated carbocycles. The van der Waals surface area contributed by atoms with Crippen LogP contribution < -0.4 is 5.32 Å². The maximum Gasteiger partial charge on any atom is 0.160 e. The predicted octanol–water partition coefficient (Wildman–Crippen LogP) is 3.74. The molecule has 19 heavy (non-hydrogen) atoms. The Morgan fingerprint density at radius 3 is 2.84 bits per heavy atom. The molecule has 1 atom stereocenters. The van der Waals surface area contributed by atoms with E-state index in [2.05, 4.69) is 10.3 Å². The molecule has 0 fully saturated rings. The van der Waals surface area contributed by atoms with Crippen molar-refractivity contribution in [3.63, 3.8) is 0 Å². The summed E-state index contributed by atoms with van der Waals surface area (Å²) in [4.78, 5) is 4.40. The fourth-order valence-electron chi connectivity index (χ4n) is 1.49. The average molecular weight is 284 g/mol. The van der Waals surface area contributed by atoms with Gasteiger partial charge in [0.25, 0.3) is 0 Å². The second-order valence-electron chi connectivity index (χ2n) is 4.04. The van der Waals surface area contributed by atoms with Gasteiger partial charge in [0.1, 0.15) is 11.1 Å². The van der Waals surface area contributed by atoms with E-state index in [1.165, 1.54) is 17.4 Å². The average Bonchev–Trinajstić information content (AvgIpc) is 2.88. The highest BCUT2D eigenvalue weighted by molar-refractivity contribution is 7.09. The van der Waals surface area contributed by atoms with Gasteiger partial charge in [-0.15, -0.1) is 11.3 Å². The molecule has 0 unspecified atom stereocenters. The van der Waals surface area contributed by atoms with E-state index in [0.717, 1.165) is 22.8 Å². The molecule has 1 aromatic heterocycles. The zero-order valence-electron chi connectivity index (χ0n) is 10.6. The quantitative estimate of drug-likeness (QED) is 0.908. The fraction of sp³-hybridized carbons (Fsp3) is 0.308. The van der Waals surface area contributed by atoms with Gasteiger partial charge in [0.2, 0.25) is 0 Å². The maximum absolute atomic E-state index is 13.0. The summed E-state index contributed by atoms with van der Waals surface area (Å²) in [7, 11) is 1.63. The number of anilines is 1. The SMILES string of the molecule is CO[C@H](C)c1nc(CNc2ccc(F)c(F)c2)cs1. The molecule has 0 aliphatic heterocycles. The largest absolute Gasteiger partial charge is 0.379 e.